The molecule has 1 amide bonds. The molecule has 140 valence electrons. The van der Waals surface area contributed by atoms with Crippen molar-refractivity contribution in [2.75, 3.05) is 11.1 Å². The van der Waals surface area contributed by atoms with Crippen LogP contribution in [0, 0.1) is 0 Å². The van der Waals surface area contributed by atoms with Crippen LogP contribution >= 0.6 is 50.9 Å². The first-order chi connectivity index (χ1) is 13.0. The molecule has 1 N–H and O–H groups in total. The third kappa shape index (κ3) is 5.04. The maximum atomic E-state index is 12.2. The quantitative estimate of drug-likeness (QED) is 0.450. The van der Waals surface area contributed by atoms with Gasteiger partial charge >= 0.3 is 0 Å². The SMILES string of the molecule is CCn1c(SCC(=O)Nc2ccc(Br)cc2)nnc1-c1ccc(Cl)c(Cl)c1. The van der Waals surface area contributed by atoms with Gasteiger partial charge in [-0.05, 0) is 49.4 Å². The molecule has 0 atom stereocenters. The lowest BCUT2D eigenvalue weighted by molar-refractivity contribution is -0.113. The van der Waals surface area contributed by atoms with Crippen LogP contribution in [0.2, 0.25) is 10.0 Å². The van der Waals surface area contributed by atoms with Crippen LogP contribution in [-0.2, 0) is 11.3 Å². The van der Waals surface area contributed by atoms with Crippen LogP contribution in [0.4, 0.5) is 5.69 Å². The largest absolute Gasteiger partial charge is 0.325 e. The fourth-order valence-electron chi connectivity index (χ4n) is 2.39. The van der Waals surface area contributed by atoms with Crippen molar-refractivity contribution in [1.29, 1.82) is 0 Å². The molecule has 0 fully saturated rings. The molecule has 0 bridgehead atoms. The van der Waals surface area contributed by atoms with Crippen molar-refractivity contribution in [2.24, 2.45) is 0 Å². The summed E-state index contributed by atoms with van der Waals surface area (Å²) in [5.41, 5.74) is 1.57. The summed E-state index contributed by atoms with van der Waals surface area (Å²) < 4.78 is 2.90. The third-order valence-corrected chi connectivity index (χ3v) is 5.91. The summed E-state index contributed by atoms with van der Waals surface area (Å²) in [6.07, 6.45) is 0. The molecule has 0 aliphatic heterocycles. The van der Waals surface area contributed by atoms with E-state index in [1.54, 1.807) is 12.1 Å². The van der Waals surface area contributed by atoms with Crippen LogP contribution in [0.25, 0.3) is 11.4 Å². The van der Waals surface area contributed by atoms with E-state index in [1.165, 1.54) is 11.8 Å². The minimum atomic E-state index is -0.107. The zero-order chi connectivity index (χ0) is 19.4. The number of anilines is 1. The number of nitrogens with one attached hydrogen (secondary N) is 1. The molecule has 3 rings (SSSR count). The van der Waals surface area contributed by atoms with Crippen molar-refractivity contribution in [3.63, 3.8) is 0 Å². The number of hydrogen-bond acceptors (Lipinski definition) is 4. The first-order valence-electron chi connectivity index (χ1n) is 8.04. The van der Waals surface area contributed by atoms with Crippen molar-refractivity contribution in [2.45, 2.75) is 18.6 Å². The maximum Gasteiger partial charge on any atom is 0.234 e. The highest BCUT2D eigenvalue weighted by molar-refractivity contribution is 9.10. The van der Waals surface area contributed by atoms with E-state index in [2.05, 4.69) is 31.4 Å². The topological polar surface area (TPSA) is 59.8 Å². The van der Waals surface area contributed by atoms with Crippen LogP contribution in [-0.4, -0.2) is 26.4 Å². The summed E-state index contributed by atoms with van der Waals surface area (Å²) in [4.78, 5) is 12.2. The summed E-state index contributed by atoms with van der Waals surface area (Å²) in [6.45, 7) is 2.66. The lowest BCUT2D eigenvalue weighted by Gasteiger charge is -2.08. The highest BCUT2D eigenvalue weighted by atomic mass is 79.9. The van der Waals surface area contributed by atoms with Crippen molar-refractivity contribution >= 4 is 62.5 Å². The zero-order valence-corrected chi connectivity index (χ0v) is 18.2. The van der Waals surface area contributed by atoms with Gasteiger partial charge in [-0.1, -0.05) is 50.9 Å². The number of benzene rings is 2. The van der Waals surface area contributed by atoms with E-state index < -0.39 is 0 Å². The Morgan fingerprint density at radius 2 is 1.89 bits per heavy atom. The van der Waals surface area contributed by atoms with E-state index in [4.69, 9.17) is 23.2 Å². The van der Waals surface area contributed by atoms with Crippen molar-refractivity contribution in [3.05, 3.63) is 57.0 Å². The zero-order valence-electron chi connectivity index (χ0n) is 14.2. The number of nitrogens with zero attached hydrogens (tertiary/aromatic N) is 3. The smallest absolute Gasteiger partial charge is 0.234 e. The van der Waals surface area contributed by atoms with Gasteiger partial charge in [-0.25, -0.2) is 0 Å². The van der Waals surface area contributed by atoms with Crippen molar-refractivity contribution in [3.8, 4) is 11.4 Å². The van der Waals surface area contributed by atoms with E-state index >= 15 is 0 Å². The van der Waals surface area contributed by atoms with Gasteiger partial charge in [-0.15, -0.1) is 10.2 Å². The molecule has 0 radical (unpaired) electrons. The Morgan fingerprint density at radius 3 is 2.56 bits per heavy atom. The van der Waals surface area contributed by atoms with E-state index in [1.807, 2.05) is 41.8 Å². The second-order valence-corrected chi connectivity index (χ2v) is 8.20. The predicted octanol–water partition coefficient (Wildman–Crippen LogP) is 5.77. The van der Waals surface area contributed by atoms with Gasteiger partial charge in [0.05, 0.1) is 15.8 Å². The van der Waals surface area contributed by atoms with Gasteiger partial charge in [0.15, 0.2) is 11.0 Å². The fraction of sp³-hybridized carbons (Fsp3) is 0.167. The van der Waals surface area contributed by atoms with Crippen LogP contribution in [0.1, 0.15) is 6.92 Å². The summed E-state index contributed by atoms with van der Waals surface area (Å²) in [7, 11) is 0. The van der Waals surface area contributed by atoms with Gasteiger partial charge < -0.3 is 9.88 Å². The molecule has 0 unspecified atom stereocenters. The van der Waals surface area contributed by atoms with Crippen LogP contribution in [0.3, 0.4) is 0 Å². The number of hydrogen-bond donors (Lipinski definition) is 1. The standard InChI is InChI=1S/C18H15BrCl2N4OS/c1-2-25-17(11-3-8-14(20)15(21)9-11)23-24-18(25)27-10-16(26)22-13-6-4-12(19)5-7-13/h3-9H,2,10H2,1H3,(H,22,26). The van der Waals surface area contributed by atoms with Crippen LogP contribution in [0.5, 0.6) is 0 Å². The molecule has 0 aliphatic rings. The molecule has 1 aromatic heterocycles. The molecular formula is C18H15BrCl2N4OS. The van der Waals surface area contributed by atoms with Gasteiger partial charge in [0.1, 0.15) is 0 Å². The molecule has 0 saturated heterocycles. The predicted molar refractivity (Wildman–Crippen MR) is 115 cm³/mol. The van der Waals surface area contributed by atoms with Crippen molar-refractivity contribution in [1.82, 2.24) is 14.8 Å². The molecule has 9 heteroatoms. The van der Waals surface area contributed by atoms with Crippen LogP contribution in [0.15, 0.2) is 52.1 Å². The number of carbonyl (C=O) groups excluding carboxylic acids is 1. The second kappa shape index (κ2) is 9.10. The van der Waals surface area contributed by atoms with E-state index in [0.29, 0.717) is 27.6 Å². The molecular weight excluding hydrogens is 471 g/mol. The van der Waals surface area contributed by atoms with Crippen LogP contribution < -0.4 is 5.32 Å². The number of aromatic nitrogens is 3. The van der Waals surface area contributed by atoms with E-state index in [9.17, 15) is 4.79 Å². The third-order valence-electron chi connectivity index (χ3n) is 3.67. The second-order valence-electron chi connectivity index (χ2n) is 5.52. The monoisotopic (exact) mass is 484 g/mol. The van der Waals surface area contributed by atoms with Gasteiger partial charge in [0, 0.05) is 22.3 Å². The molecule has 1 heterocycles. The highest BCUT2D eigenvalue weighted by Gasteiger charge is 2.15. The molecule has 0 saturated carbocycles. The lowest BCUT2D eigenvalue weighted by Crippen LogP contribution is -2.14. The number of carbonyl (C=O) groups is 1. The normalized spacial score (nSPS) is 10.8. The minimum Gasteiger partial charge on any atom is -0.325 e. The molecule has 5 nitrogen and oxygen atoms in total. The number of halogens is 3. The van der Waals surface area contributed by atoms with Gasteiger partial charge in [-0.3, -0.25) is 4.79 Å². The van der Waals surface area contributed by atoms with Gasteiger partial charge in [0.25, 0.3) is 0 Å². The Hall–Kier alpha value is -1.54. The molecule has 3 aromatic rings. The van der Waals surface area contributed by atoms with Crippen molar-refractivity contribution < 1.29 is 4.79 Å². The Bertz CT molecular complexity index is 962. The summed E-state index contributed by atoms with van der Waals surface area (Å²) in [6, 6.07) is 12.8. The van der Waals surface area contributed by atoms with E-state index in [-0.39, 0.29) is 11.7 Å². The fourth-order valence-corrected chi connectivity index (χ4v) is 3.75. The van der Waals surface area contributed by atoms with Gasteiger partial charge in [-0.2, -0.15) is 0 Å². The molecule has 2 aromatic carbocycles. The average Bonchev–Trinajstić information content (AvgIpc) is 3.07. The Balaban J connectivity index is 1.70. The molecule has 27 heavy (non-hydrogen) atoms. The summed E-state index contributed by atoms with van der Waals surface area (Å²) >= 11 is 16.8. The maximum absolute atomic E-state index is 12.2. The van der Waals surface area contributed by atoms with Gasteiger partial charge in [0.2, 0.25) is 5.91 Å². The lowest BCUT2D eigenvalue weighted by atomic mass is 10.2. The summed E-state index contributed by atoms with van der Waals surface area (Å²) in [5, 5.41) is 13.0. The Kier molecular flexibility index (Phi) is 6.81. The number of thioether (sulfide) groups is 1. The summed E-state index contributed by atoms with van der Waals surface area (Å²) in [5.74, 6) is 0.811. The first-order valence-corrected chi connectivity index (χ1v) is 10.6. The molecule has 0 aliphatic carbocycles. The number of rotatable bonds is 6. The molecule has 0 spiro atoms. The number of amides is 1. The highest BCUT2D eigenvalue weighted by Crippen LogP contribution is 2.29. The van der Waals surface area contributed by atoms with E-state index in [0.717, 1.165) is 15.7 Å². The first kappa shape index (κ1) is 20.2. The Morgan fingerprint density at radius 1 is 1.15 bits per heavy atom. The average molecular weight is 486 g/mol. The Labute approximate surface area is 179 Å². The minimum absolute atomic E-state index is 0.107.